The molecule has 136 valence electrons. The van der Waals surface area contributed by atoms with Crippen molar-refractivity contribution < 1.29 is 4.79 Å². The molecule has 0 bridgehead atoms. The molecule has 0 radical (unpaired) electrons. The number of halogens is 1. The van der Waals surface area contributed by atoms with Gasteiger partial charge in [0.2, 0.25) is 5.91 Å². The topological polar surface area (TPSA) is 65.5 Å². The SMILES string of the molecule is CCNC(=NCCNC(=O)CC1CCCC1)NC(C)C(C)C.I. The number of carbonyl (C=O) groups excluding carboxylic acids is 1. The maximum atomic E-state index is 11.8. The van der Waals surface area contributed by atoms with Gasteiger partial charge >= 0.3 is 0 Å². The predicted molar refractivity (Wildman–Crippen MR) is 108 cm³/mol. The van der Waals surface area contributed by atoms with Crippen LogP contribution in [0.15, 0.2) is 4.99 Å². The molecule has 0 heterocycles. The van der Waals surface area contributed by atoms with E-state index < -0.39 is 0 Å². The van der Waals surface area contributed by atoms with Crippen molar-refractivity contribution in [3.63, 3.8) is 0 Å². The van der Waals surface area contributed by atoms with Crippen molar-refractivity contribution in [1.82, 2.24) is 16.0 Å². The molecule has 23 heavy (non-hydrogen) atoms. The number of guanidine groups is 1. The third-order valence-corrected chi connectivity index (χ3v) is 4.36. The summed E-state index contributed by atoms with van der Waals surface area (Å²) in [6, 6.07) is 0.370. The maximum absolute atomic E-state index is 11.8. The van der Waals surface area contributed by atoms with Gasteiger partial charge in [-0.15, -0.1) is 24.0 Å². The normalized spacial score (nSPS) is 16.8. The Morgan fingerprint density at radius 3 is 2.39 bits per heavy atom. The fourth-order valence-electron chi connectivity index (χ4n) is 2.61. The van der Waals surface area contributed by atoms with Gasteiger partial charge in [-0.2, -0.15) is 0 Å². The van der Waals surface area contributed by atoms with Gasteiger partial charge in [0.15, 0.2) is 5.96 Å². The Kier molecular flexibility index (Phi) is 12.5. The molecule has 1 aliphatic rings. The average Bonchev–Trinajstić information content (AvgIpc) is 2.96. The minimum Gasteiger partial charge on any atom is -0.357 e. The molecule has 5 nitrogen and oxygen atoms in total. The van der Waals surface area contributed by atoms with Gasteiger partial charge in [0.1, 0.15) is 0 Å². The van der Waals surface area contributed by atoms with Crippen LogP contribution in [0.5, 0.6) is 0 Å². The molecule has 1 fully saturated rings. The highest BCUT2D eigenvalue weighted by atomic mass is 127. The smallest absolute Gasteiger partial charge is 0.220 e. The predicted octanol–water partition coefficient (Wildman–Crippen LogP) is 2.90. The van der Waals surface area contributed by atoms with E-state index in [2.05, 4.69) is 48.6 Å². The summed E-state index contributed by atoms with van der Waals surface area (Å²) in [5.74, 6) is 2.16. The number of amides is 1. The molecule has 1 unspecified atom stereocenters. The van der Waals surface area contributed by atoms with Crippen LogP contribution in [-0.2, 0) is 4.79 Å². The molecule has 1 aliphatic carbocycles. The second kappa shape index (κ2) is 12.8. The van der Waals surface area contributed by atoms with E-state index in [1.807, 2.05) is 0 Å². The van der Waals surface area contributed by atoms with Crippen LogP contribution in [0.4, 0.5) is 0 Å². The van der Waals surface area contributed by atoms with Crippen LogP contribution in [0.2, 0.25) is 0 Å². The average molecular weight is 438 g/mol. The van der Waals surface area contributed by atoms with Gasteiger partial charge in [-0.25, -0.2) is 0 Å². The number of nitrogens with zero attached hydrogens (tertiary/aromatic N) is 1. The highest BCUT2D eigenvalue weighted by Crippen LogP contribution is 2.27. The molecule has 1 rings (SSSR count). The minimum absolute atomic E-state index is 0. The first-order chi connectivity index (χ1) is 10.5. The van der Waals surface area contributed by atoms with Gasteiger partial charge in [-0.1, -0.05) is 26.7 Å². The largest absolute Gasteiger partial charge is 0.357 e. The van der Waals surface area contributed by atoms with Crippen molar-refractivity contribution in [3.05, 3.63) is 0 Å². The van der Waals surface area contributed by atoms with Crippen molar-refractivity contribution in [2.24, 2.45) is 16.8 Å². The highest BCUT2D eigenvalue weighted by molar-refractivity contribution is 14.0. The third kappa shape index (κ3) is 10.0. The molecule has 0 spiro atoms. The third-order valence-electron chi connectivity index (χ3n) is 4.36. The van der Waals surface area contributed by atoms with Crippen molar-refractivity contribution in [2.75, 3.05) is 19.6 Å². The monoisotopic (exact) mass is 438 g/mol. The zero-order valence-corrected chi connectivity index (χ0v) is 17.5. The summed E-state index contributed by atoms with van der Waals surface area (Å²) >= 11 is 0. The Hall–Kier alpha value is -0.530. The molecule has 6 heteroatoms. The van der Waals surface area contributed by atoms with Crippen molar-refractivity contribution >= 4 is 35.8 Å². The summed E-state index contributed by atoms with van der Waals surface area (Å²) in [7, 11) is 0. The molecule has 0 aromatic carbocycles. The van der Waals surface area contributed by atoms with Crippen LogP contribution in [0, 0.1) is 11.8 Å². The van der Waals surface area contributed by atoms with Gasteiger partial charge in [-0.3, -0.25) is 9.79 Å². The molecule has 1 amide bonds. The minimum atomic E-state index is 0. The van der Waals surface area contributed by atoms with Crippen LogP contribution in [-0.4, -0.2) is 37.5 Å². The summed E-state index contributed by atoms with van der Waals surface area (Å²) in [4.78, 5) is 16.4. The Morgan fingerprint density at radius 1 is 1.17 bits per heavy atom. The Morgan fingerprint density at radius 2 is 1.83 bits per heavy atom. The summed E-state index contributed by atoms with van der Waals surface area (Å²) in [6.07, 6.45) is 5.69. The Bertz CT molecular complexity index is 355. The van der Waals surface area contributed by atoms with Gasteiger partial charge in [-0.05, 0) is 38.5 Å². The zero-order valence-electron chi connectivity index (χ0n) is 15.2. The number of nitrogens with one attached hydrogen (secondary N) is 3. The molecule has 0 aliphatic heterocycles. The van der Waals surface area contributed by atoms with Crippen LogP contribution in [0.3, 0.4) is 0 Å². The Labute approximate surface area is 158 Å². The maximum Gasteiger partial charge on any atom is 0.220 e. The van der Waals surface area contributed by atoms with Crippen LogP contribution in [0.25, 0.3) is 0 Å². The lowest BCUT2D eigenvalue weighted by Crippen LogP contribution is -2.44. The lowest BCUT2D eigenvalue weighted by Gasteiger charge is -2.20. The second-order valence-electron chi connectivity index (χ2n) is 6.64. The van der Waals surface area contributed by atoms with E-state index in [4.69, 9.17) is 0 Å². The standard InChI is InChI=1S/C17H34N4O.HI/c1-5-18-17(21-14(4)13(2)3)20-11-10-19-16(22)12-15-8-6-7-9-15;/h13-15H,5-12H2,1-4H3,(H,19,22)(H2,18,20,21);1H. The molecule has 3 N–H and O–H groups in total. The van der Waals surface area contributed by atoms with Gasteiger partial charge in [0, 0.05) is 25.6 Å². The van der Waals surface area contributed by atoms with Gasteiger partial charge in [0.05, 0.1) is 6.54 Å². The second-order valence-corrected chi connectivity index (χ2v) is 6.64. The number of rotatable bonds is 8. The lowest BCUT2D eigenvalue weighted by molar-refractivity contribution is -0.121. The van der Waals surface area contributed by atoms with E-state index in [0.29, 0.717) is 37.4 Å². The highest BCUT2D eigenvalue weighted by Gasteiger charge is 2.17. The van der Waals surface area contributed by atoms with E-state index in [1.165, 1.54) is 25.7 Å². The molecule has 0 aromatic heterocycles. The Balaban J connectivity index is 0.00000484. The summed E-state index contributed by atoms with van der Waals surface area (Å²) < 4.78 is 0. The van der Waals surface area contributed by atoms with Crippen LogP contribution >= 0.6 is 24.0 Å². The lowest BCUT2D eigenvalue weighted by atomic mass is 10.0. The molecular weight excluding hydrogens is 403 g/mol. The van der Waals surface area contributed by atoms with E-state index in [9.17, 15) is 4.79 Å². The summed E-state index contributed by atoms with van der Waals surface area (Å²) in [5.41, 5.74) is 0. The van der Waals surface area contributed by atoms with Crippen molar-refractivity contribution in [1.29, 1.82) is 0 Å². The molecule has 0 saturated heterocycles. The van der Waals surface area contributed by atoms with Crippen molar-refractivity contribution in [3.8, 4) is 0 Å². The molecule has 1 saturated carbocycles. The molecule has 0 aromatic rings. The number of hydrogen-bond acceptors (Lipinski definition) is 2. The summed E-state index contributed by atoms with van der Waals surface area (Å²) in [5, 5.41) is 9.61. The summed E-state index contributed by atoms with van der Waals surface area (Å²) in [6.45, 7) is 10.6. The van der Waals surface area contributed by atoms with Crippen molar-refractivity contribution in [2.45, 2.75) is 65.8 Å². The van der Waals surface area contributed by atoms with Gasteiger partial charge in [0.25, 0.3) is 0 Å². The van der Waals surface area contributed by atoms with E-state index >= 15 is 0 Å². The van der Waals surface area contributed by atoms with Gasteiger partial charge < -0.3 is 16.0 Å². The van der Waals surface area contributed by atoms with E-state index in [0.717, 1.165) is 12.5 Å². The fraction of sp³-hybridized carbons (Fsp3) is 0.882. The zero-order chi connectivity index (χ0) is 16.4. The molecule has 1 atom stereocenters. The number of aliphatic imine (C=N–C) groups is 1. The van der Waals surface area contributed by atoms with Crippen LogP contribution < -0.4 is 16.0 Å². The first kappa shape index (κ1) is 22.5. The fourth-order valence-corrected chi connectivity index (χ4v) is 2.61. The number of hydrogen-bond donors (Lipinski definition) is 3. The first-order valence-corrected chi connectivity index (χ1v) is 8.84. The first-order valence-electron chi connectivity index (χ1n) is 8.84. The number of carbonyl (C=O) groups is 1. The van der Waals surface area contributed by atoms with Crippen LogP contribution in [0.1, 0.15) is 59.8 Å². The van der Waals surface area contributed by atoms with E-state index in [1.54, 1.807) is 0 Å². The molecular formula is C17H35IN4O. The quantitative estimate of drug-likeness (QED) is 0.236. The van der Waals surface area contributed by atoms with E-state index in [-0.39, 0.29) is 29.9 Å².